The summed E-state index contributed by atoms with van der Waals surface area (Å²) >= 11 is 0. The standard InChI is InChI=1S/C15H16N2O5/c1-9(2-5-13(19)16-8-18)17-7-11-6-10(15(21)22)3-4-12(11)14(17)20/h3-4,6,8-9H,2,5,7H2,1H3,(H,21,22)(H,16,18,19). The highest BCUT2D eigenvalue weighted by atomic mass is 16.4. The Morgan fingerprint density at radius 3 is 2.82 bits per heavy atom. The average Bonchev–Trinajstić information content (AvgIpc) is 2.82. The number of hydrogen-bond acceptors (Lipinski definition) is 4. The molecule has 0 fully saturated rings. The van der Waals surface area contributed by atoms with Gasteiger partial charge in [0.15, 0.2) is 0 Å². The van der Waals surface area contributed by atoms with Gasteiger partial charge in [-0.25, -0.2) is 4.79 Å². The van der Waals surface area contributed by atoms with Crippen LogP contribution in [0.4, 0.5) is 0 Å². The molecule has 1 heterocycles. The summed E-state index contributed by atoms with van der Waals surface area (Å²) in [4.78, 5) is 46.3. The Morgan fingerprint density at radius 1 is 1.45 bits per heavy atom. The molecule has 1 aromatic rings. The Hall–Kier alpha value is -2.70. The Morgan fingerprint density at radius 2 is 2.18 bits per heavy atom. The Labute approximate surface area is 126 Å². The molecule has 1 atom stereocenters. The van der Waals surface area contributed by atoms with E-state index in [2.05, 4.69) is 5.32 Å². The van der Waals surface area contributed by atoms with E-state index < -0.39 is 5.97 Å². The van der Waals surface area contributed by atoms with Gasteiger partial charge in [0.25, 0.3) is 5.91 Å². The molecule has 0 saturated heterocycles. The van der Waals surface area contributed by atoms with Gasteiger partial charge in [0.05, 0.1) is 5.56 Å². The van der Waals surface area contributed by atoms with Crippen LogP contribution < -0.4 is 5.32 Å². The van der Waals surface area contributed by atoms with E-state index in [0.29, 0.717) is 30.5 Å². The first-order valence-corrected chi connectivity index (χ1v) is 6.84. The van der Waals surface area contributed by atoms with E-state index >= 15 is 0 Å². The minimum Gasteiger partial charge on any atom is -0.478 e. The van der Waals surface area contributed by atoms with Gasteiger partial charge in [0.1, 0.15) is 0 Å². The van der Waals surface area contributed by atoms with Crippen LogP contribution in [-0.4, -0.2) is 40.2 Å². The van der Waals surface area contributed by atoms with Gasteiger partial charge in [-0.05, 0) is 37.1 Å². The molecule has 0 spiro atoms. The van der Waals surface area contributed by atoms with Crippen LogP contribution in [0, 0.1) is 0 Å². The van der Waals surface area contributed by atoms with Crippen molar-refractivity contribution in [2.24, 2.45) is 0 Å². The number of rotatable bonds is 6. The number of carboxylic acids is 1. The van der Waals surface area contributed by atoms with Crippen molar-refractivity contribution in [1.82, 2.24) is 10.2 Å². The second kappa shape index (κ2) is 6.38. The van der Waals surface area contributed by atoms with Gasteiger partial charge >= 0.3 is 5.97 Å². The van der Waals surface area contributed by atoms with Gasteiger partial charge in [0.2, 0.25) is 12.3 Å². The quantitative estimate of drug-likeness (QED) is 0.756. The number of aromatic carboxylic acids is 1. The molecule has 0 bridgehead atoms. The maximum absolute atomic E-state index is 12.3. The van der Waals surface area contributed by atoms with E-state index in [9.17, 15) is 19.2 Å². The lowest BCUT2D eigenvalue weighted by Gasteiger charge is -2.23. The lowest BCUT2D eigenvalue weighted by Crippen LogP contribution is -2.34. The summed E-state index contributed by atoms with van der Waals surface area (Å²) in [5, 5.41) is 11.0. The summed E-state index contributed by atoms with van der Waals surface area (Å²) in [6, 6.07) is 4.24. The lowest BCUT2D eigenvalue weighted by atomic mass is 10.1. The second-order valence-electron chi connectivity index (χ2n) is 5.18. The predicted octanol–water partition coefficient (Wildman–Crippen LogP) is 0.782. The molecule has 0 aliphatic carbocycles. The first-order valence-electron chi connectivity index (χ1n) is 6.84. The maximum Gasteiger partial charge on any atom is 0.335 e. The molecule has 116 valence electrons. The van der Waals surface area contributed by atoms with Crippen LogP contribution in [0.15, 0.2) is 18.2 Å². The van der Waals surface area contributed by atoms with E-state index in [4.69, 9.17) is 5.11 Å². The first kappa shape index (κ1) is 15.7. The number of nitrogens with one attached hydrogen (secondary N) is 1. The van der Waals surface area contributed by atoms with Gasteiger partial charge in [0, 0.05) is 24.6 Å². The van der Waals surface area contributed by atoms with Gasteiger partial charge in [-0.15, -0.1) is 0 Å². The highest BCUT2D eigenvalue weighted by molar-refractivity contribution is 6.00. The largest absolute Gasteiger partial charge is 0.478 e. The fourth-order valence-electron chi connectivity index (χ4n) is 2.47. The predicted molar refractivity (Wildman–Crippen MR) is 76.2 cm³/mol. The maximum atomic E-state index is 12.3. The third-order valence-electron chi connectivity index (χ3n) is 3.73. The number of carbonyl (C=O) groups excluding carboxylic acids is 3. The van der Waals surface area contributed by atoms with Gasteiger partial charge in [-0.3, -0.25) is 19.7 Å². The molecule has 7 heteroatoms. The normalized spacial score (nSPS) is 14.4. The molecule has 0 radical (unpaired) electrons. The Kier molecular flexibility index (Phi) is 4.55. The summed E-state index contributed by atoms with van der Waals surface area (Å²) in [7, 11) is 0. The Balaban J connectivity index is 2.05. The number of fused-ring (bicyclic) bond motifs is 1. The van der Waals surface area contributed by atoms with Crippen LogP contribution >= 0.6 is 0 Å². The molecule has 1 aliphatic rings. The molecular formula is C15H16N2O5. The van der Waals surface area contributed by atoms with Gasteiger partial charge < -0.3 is 10.0 Å². The smallest absolute Gasteiger partial charge is 0.335 e. The monoisotopic (exact) mass is 304 g/mol. The lowest BCUT2D eigenvalue weighted by molar-refractivity contribution is -0.125. The van der Waals surface area contributed by atoms with Crippen molar-refractivity contribution in [3.63, 3.8) is 0 Å². The zero-order chi connectivity index (χ0) is 16.3. The first-order chi connectivity index (χ1) is 10.4. The summed E-state index contributed by atoms with van der Waals surface area (Å²) in [5.74, 6) is -1.60. The highest BCUT2D eigenvalue weighted by Crippen LogP contribution is 2.26. The van der Waals surface area contributed by atoms with Gasteiger partial charge in [-0.1, -0.05) is 0 Å². The summed E-state index contributed by atoms with van der Waals surface area (Å²) < 4.78 is 0. The topological polar surface area (TPSA) is 104 Å². The van der Waals surface area contributed by atoms with E-state index in [0.717, 1.165) is 0 Å². The second-order valence-corrected chi connectivity index (χ2v) is 5.18. The van der Waals surface area contributed by atoms with Gasteiger partial charge in [-0.2, -0.15) is 0 Å². The van der Waals surface area contributed by atoms with E-state index in [1.54, 1.807) is 4.90 Å². The molecule has 2 N–H and O–H groups in total. The van der Waals surface area contributed by atoms with Crippen LogP contribution in [0.1, 0.15) is 46.0 Å². The van der Waals surface area contributed by atoms with Crippen LogP contribution in [-0.2, 0) is 16.1 Å². The van der Waals surface area contributed by atoms with E-state index in [1.165, 1.54) is 18.2 Å². The molecular weight excluding hydrogens is 288 g/mol. The highest BCUT2D eigenvalue weighted by Gasteiger charge is 2.31. The molecule has 1 aromatic carbocycles. The van der Waals surface area contributed by atoms with E-state index in [1.807, 2.05) is 6.92 Å². The van der Waals surface area contributed by atoms with Crippen molar-refractivity contribution < 1.29 is 24.3 Å². The van der Waals surface area contributed by atoms with Crippen molar-refractivity contribution in [3.05, 3.63) is 34.9 Å². The number of amides is 3. The molecule has 22 heavy (non-hydrogen) atoms. The van der Waals surface area contributed by atoms with Crippen molar-refractivity contribution in [3.8, 4) is 0 Å². The van der Waals surface area contributed by atoms with Crippen molar-refractivity contribution in [2.45, 2.75) is 32.4 Å². The fourth-order valence-corrected chi connectivity index (χ4v) is 2.47. The molecule has 1 aliphatic heterocycles. The number of benzene rings is 1. The number of carboxylic acid groups (broad SMARTS) is 1. The average molecular weight is 304 g/mol. The minimum atomic E-state index is -1.03. The van der Waals surface area contributed by atoms with Crippen LogP contribution in [0.5, 0.6) is 0 Å². The molecule has 3 amide bonds. The molecule has 0 aromatic heterocycles. The SMILES string of the molecule is CC(CCC(=O)NC=O)N1Cc2cc(C(=O)O)ccc2C1=O. The van der Waals surface area contributed by atoms with Crippen molar-refractivity contribution in [1.29, 1.82) is 0 Å². The summed E-state index contributed by atoms with van der Waals surface area (Å²) in [6.45, 7) is 2.14. The van der Waals surface area contributed by atoms with Crippen LogP contribution in [0.3, 0.4) is 0 Å². The minimum absolute atomic E-state index is 0.139. The molecule has 0 saturated carbocycles. The number of carbonyl (C=O) groups is 4. The molecule has 2 rings (SSSR count). The van der Waals surface area contributed by atoms with Crippen LogP contribution in [0.2, 0.25) is 0 Å². The number of imide groups is 1. The summed E-state index contributed by atoms with van der Waals surface area (Å²) in [6.07, 6.45) is 0.892. The molecule has 7 nitrogen and oxygen atoms in total. The third-order valence-corrected chi connectivity index (χ3v) is 3.73. The Bertz CT molecular complexity index is 641. The van der Waals surface area contributed by atoms with Crippen molar-refractivity contribution >= 4 is 24.2 Å². The zero-order valence-corrected chi connectivity index (χ0v) is 12.0. The fraction of sp³-hybridized carbons (Fsp3) is 0.333. The van der Waals surface area contributed by atoms with E-state index in [-0.39, 0.29) is 29.8 Å². The number of hydrogen-bond donors (Lipinski definition) is 2. The third kappa shape index (κ3) is 3.13. The molecule has 1 unspecified atom stereocenters. The summed E-state index contributed by atoms with van der Waals surface area (Å²) in [5.41, 5.74) is 1.31. The van der Waals surface area contributed by atoms with Crippen LogP contribution in [0.25, 0.3) is 0 Å². The zero-order valence-electron chi connectivity index (χ0n) is 12.0. The number of nitrogens with zero attached hydrogens (tertiary/aromatic N) is 1. The van der Waals surface area contributed by atoms with Crippen molar-refractivity contribution in [2.75, 3.05) is 0 Å².